The zero-order valence-corrected chi connectivity index (χ0v) is 14.1. The molecule has 5 nitrogen and oxygen atoms in total. The van der Waals surface area contributed by atoms with Crippen LogP contribution in [-0.2, 0) is 0 Å². The van der Waals surface area contributed by atoms with E-state index in [-0.39, 0.29) is 0 Å². The molecule has 0 saturated heterocycles. The molecule has 0 aliphatic heterocycles. The predicted octanol–water partition coefficient (Wildman–Crippen LogP) is 3.97. The Labute approximate surface area is 138 Å². The number of aryl methyl sites for hydroxylation is 1. The number of hydrogen-bond acceptors (Lipinski definition) is 5. The van der Waals surface area contributed by atoms with Gasteiger partial charge in [0.05, 0.1) is 0 Å². The number of nitrogens with one attached hydrogen (secondary N) is 2. The molecular weight excluding hydrogens is 286 g/mol. The van der Waals surface area contributed by atoms with Crippen LogP contribution in [0.1, 0.15) is 19.5 Å². The van der Waals surface area contributed by atoms with Crippen LogP contribution in [0.25, 0.3) is 0 Å². The van der Waals surface area contributed by atoms with E-state index < -0.39 is 0 Å². The fraction of sp³-hybridized carbons (Fsp3) is 0.333. The lowest BCUT2D eigenvalue weighted by atomic mass is 10.2. The van der Waals surface area contributed by atoms with Gasteiger partial charge >= 0.3 is 0 Å². The summed E-state index contributed by atoms with van der Waals surface area (Å²) in [5, 5.41) is 6.44. The van der Waals surface area contributed by atoms with Crippen molar-refractivity contribution < 1.29 is 0 Å². The molecule has 1 aromatic heterocycles. The Morgan fingerprint density at radius 3 is 2.43 bits per heavy atom. The minimum Gasteiger partial charge on any atom is -0.372 e. The van der Waals surface area contributed by atoms with Crippen LogP contribution in [0, 0.1) is 6.92 Å². The predicted molar refractivity (Wildman–Crippen MR) is 98.7 cm³/mol. The molecule has 0 unspecified atom stereocenters. The van der Waals surface area contributed by atoms with Crippen molar-refractivity contribution in [1.82, 2.24) is 9.97 Å². The van der Waals surface area contributed by atoms with Crippen LogP contribution in [0.2, 0.25) is 0 Å². The summed E-state index contributed by atoms with van der Waals surface area (Å²) in [6.07, 6.45) is 1.78. The van der Waals surface area contributed by atoms with Gasteiger partial charge in [0.25, 0.3) is 0 Å². The Balaban J connectivity index is 2.12. The molecule has 1 heterocycles. The highest BCUT2D eigenvalue weighted by Crippen LogP contribution is 2.21. The molecule has 122 valence electrons. The van der Waals surface area contributed by atoms with Gasteiger partial charge in [-0.3, -0.25) is 0 Å². The maximum atomic E-state index is 4.46. The van der Waals surface area contributed by atoms with Crippen LogP contribution < -0.4 is 15.5 Å². The monoisotopic (exact) mass is 311 g/mol. The third kappa shape index (κ3) is 4.71. The van der Waals surface area contributed by atoms with Gasteiger partial charge in [0.1, 0.15) is 5.82 Å². The van der Waals surface area contributed by atoms with Gasteiger partial charge in [-0.15, -0.1) is 6.58 Å². The number of rotatable bonds is 8. The first-order chi connectivity index (χ1) is 11.2. The molecule has 0 spiro atoms. The first-order valence-electron chi connectivity index (χ1n) is 7.98. The molecule has 1 aromatic carbocycles. The van der Waals surface area contributed by atoms with E-state index >= 15 is 0 Å². The summed E-state index contributed by atoms with van der Waals surface area (Å²) in [4.78, 5) is 11.1. The first kappa shape index (κ1) is 16.8. The van der Waals surface area contributed by atoms with Crippen LogP contribution in [0.3, 0.4) is 0 Å². The summed E-state index contributed by atoms with van der Waals surface area (Å²) in [5.74, 6) is 1.38. The molecule has 0 aliphatic carbocycles. The van der Waals surface area contributed by atoms with Gasteiger partial charge in [0.15, 0.2) is 0 Å². The van der Waals surface area contributed by atoms with E-state index in [2.05, 4.69) is 70.2 Å². The van der Waals surface area contributed by atoms with Crippen LogP contribution in [-0.4, -0.2) is 29.6 Å². The van der Waals surface area contributed by atoms with E-state index in [4.69, 9.17) is 0 Å². The average molecular weight is 311 g/mol. The SMILES string of the molecule is C=CCNc1nc(C)cc(Nc2ccc(N(CC)CC)cc2)n1. The van der Waals surface area contributed by atoms with Crippen molar-refractivity contribution in [3.63, 3.8) is 0 Å². The van der Waals surface area contributed by atoms with Crippen LogP contribution in [0.15, 0.2) is 43.0 Å². The molecular formula is C18H25N5. The quantitative estimate of drug-likeness (QED) is 0.722. The highest BCUT2D eigenvalue weighted by molar-refractivity contribution is 5.61. The fourth-order valence-electron chi connectivity index (χ4n) is 2.37. The van der Waals surface area contributed by atoms with E-state index in [0.717, 1.165) is 30.3 Å². The Kier molecular flexibility index (Phi) is 5.97. The first-order valence-corrected chi connectivity index (χ1v) is 7.98. The highest BCUT2D eigenvalue weighted by Gasteiger charge is 2.04. The maximum absolute atomic E-state index is 4.46. The van der Waals surface area contributed by atoms with E-state index in [1.165, 1.54) is 5.69 Å². The summed E-state index contributed by atoms with van der Waals surface area (Å²) < 4.78 is 0. The molecule has 0 radical (unpaired) electrons. The van der Waals surface area contributed by atoms with E-state index in [1.807, 2.05) is 13.0 Å². The molecule has 0 saturated carbocycles. The number of aromatic nitrogens is 2. The third-order valence-electron chi connectivity index (χ3n) is 3.53. The van der Waals surface area contributed by atoms with Gasteiger partial charge in [0.2, 0.25) is 5.95 Å². The second kappa shape index (κ2) is 8.17. The van der Waals surface area contributed by atoms with Gasteiger partial charge in [-0.25, -0.2) is 4.98 Å². The zero-order valence-electron chi connectivity index (χ0n) is 14.1. The van der Waals surface area contributed by atoms with Crippen LogP contribution in [0.4, 0.5) is 23.1 Å². The topological polar surface area (TPSA) is 53.1 Å². The fourth-order valence-corrected chi connectivity index (χ4v) is 2.37. The molecule has 0 bridgehead atoms. The van der Waals surface area contributed by atoms with Crippen LogP contribution >= 0.6 is 0 Å². The largest absolute Gasteiger partial charge is 0.372 e. The number of hydrogen-bond donors (Lipinski definition) is 2. The van der Waals surface area contributed by atoms with Crippen molar-refractivity contribution >= 4 is 23.1 Å². The summed E-state index contributed by atoms with van der Waals surface area (Å²) in [5.41, 5.74) is 3.15. The van der Waals surface area contributed by atoms with Gasteiger partial charge in [-0.1, -0.05) is 6.08 Å². The van der Waals surface area contributed by atoms with E-state index in [1.54, 1.807) is 6.08 Å². The zero-order chi connectivity index (χ0) is 16.7. The Bertz CT molecular complexity index is 632. The van der Waals surface area contributed by atoms with E-state index in [0.29, 0.717) is 12.5 Å². The van der Waals surface area contributed by atoms with E-state index in [9.17, 15) is 0 Å². The normalized spacial score (nSPS) is 10.2. The average Bonchev–Trinajstić information content (AvgIpc) is 2.55. The lowest BCUT2D eigenvalue weighted by Gasteiger charge is -2.21. The summed E-state index contributed by atoms with van der Waals surface area (Å²) in [6.45, 7) is 12.6. The van der Waals surface area contributed by atoms with Crippen molar-refractivity contribution in [3.05, 3.63) is 48.7 Å². The molecule has 0 aliphatic rings. The molecule has 2 aromatic rings. The number of benzene rings is 1. The Hall–Kier alpha value is -2.56. The third-order valence-corrected chi connectivity index (χ3v) is 3.53. The Morgan fingerprint density at radius 2 is 1.83 bits per heavy atom. The Morgan fingerprint density at radius 1 is 1.13 bits per heavy atom. The van der Waals surface area contributed by atoms with Crippen molar-refractivity contribution in [3.8, 4) is 0 Å². The van der Waals surface area contributed by atoms with Crippen LogP contribution in [0.5, 0.6) is 0 Å². The molecule has 2 rings (SSSR count). The maximum Gasteiger partial charge on any atom is 0.225 e. The van der Waals surface area contributed by atoms with Crippen molar-refractivity contribution in [2.24, 2.45) is 0 Å². The second-order valence-electron chi connectivity index (χ2n) is 5.23. The molecule has 5 heteroatoms. The standard InChI is InChI=1S/C18H25N5/c1-5-12-19-18-20-14(4)13-17(22-18)21-15-8-10-16(11-9-15)23(6-2)7-3/h5,8-11,13H,1,6-7,12H2,2-4H3,(H2,19,20,21,22). The molecule has 0 fully saturated rings. The summed E-state index contributed by atoms with van der Waals surface area (Å²) >= 11 is 0. The van der Waals surface area contributed by atoms with Crippen molar-refractivity contribution in [2.75, 3.05) is 35.2 Å². The summed E-state index contributed by atoms with van der Waals surface area (Å²) in [6, 6.07) is 10.3. The minimum absolute atomic E-state index is 0.604. The molecule has 2 N–H and O–H groups in total. The lowest BCUT2D eigenvalue weighted by Crippen LogP contribution is -2.21. The van der Waals surface area contributed by atoms with Crippen molar-refractivity contribution in [1.29, 1.82) is 0 Å². The number of anilines is 4. The summed E-state index contributed by atoms with van der Waals surface area (Å²) in [7, 11) is 0. The molecule has 0 atom stereocenters. The highest BCUT2D eigenvalue weighted by atomic mass is 15.1. The van der Waals surface area contributed by atoms with Crippen molar-refractivity contribution in [2.45, 2.75) is 20.8 Å². The smallest absolute Gasteiger partial charge is 0.225 e. The van der Waals surface area contributed by atoms with Gasteiger partial charge in [-0.2, -0.15) is 4.98 Å². The second-order valence-corrected chi connectivity index (χ2v) is 5.23. The molecule has 23 heavy (non-hydrogen) atoms. The molecule has 0 amide bonds. The lowest BCUT2D eigenvalue weighted by molar-refractivity contribution is 0.866. The van der Waals surface area contributed by atoms with Gasteiger partial charge < -0.3 is 15.5 Å². The van der Waals surface area contributed by atoms with Gasteiger partial charge in [0, 0.05) is 42.8 Å². The number of nitrogens with zero attached hydrogens (tertiary/aromatic N) is 3. The van der Waals surface area contributed by atoms with Gasteiger partial charge in [-0.05, 0) is 45.0 Å². The minimum atomic E-state index is 0.604.